The first-order valence-corrected chi connectivity index (χ1v) is 6.92. The molecule has 0 aliphatic carbocycles. The Morgan fingerprint density at radius 2 is 2.12 bits per heavy atom. The monoisotopic (exact) mass is 241 g/mol. The molecule has 17 heavy (non-hydrogen) atoms. The molecule has 1 fully saturated rings. The van der Waals surface area contributed by atoms with Crippen LogP contribution >= 0.6 is 0 Å². The molecule has 2 atom stereocenters. The summed E-state index contributed by atoms with van der Waals surface area (Å²) in [4.78, 5) is 13.9. The highest BCUT2D eigenvalue weighted by Gasteiger charge is 2.43. The van der Waals surface area contributed by atoms with Crippen LogP contribution in [0.25, 0.3) is 0 Å². The predicted octanol–water partition coefficient (Wildman–Crippen LogP) is 3.14. The lowest BCUT2D eigenvalue weighted by Crippen LogP contribution is -2.58. The van der Waals surface area contributed by atoms with Crippen LogP contribution in [0, 0.1) is 5.92 Å². The van der Waals surface area contributed by atoms with Crippen LogP contribution in [-0.4, -0.2) is 34.1 Å². The normalized spacial score (nSPS) is 25.8. The van der Waals surface area contributed by atoms with E-state index in [1.54, 1.807) is 0 Å². The summed E-state index contributed by atoms with van der Waals surface area (Å²) in [7, 11) is 0. The molecular formula is C14H27NO2. The van der Waals surface area contributed by atoms with E-state index in [1.165, 1.54) is 6.42 Å². The van der Waals surface area contributed by atoms with Crippen LogP contribution in [0.1, 0.15) is 59.8 Å². The molecule has 0 aromatic carbocycles. The standard InChI is InChI=1S/C14H27NO2/c1-5-12-8-6-7-9-15(12)14(4,13(16)17)10-11(2)3/h11-12H,5-10H2,1-4H3,(H,16,17). The second kappa shape index (κ2) is 5.85. The number of aliphatic carboxylic acids is 1. The Labute approximate surface area is 105 Å². The van der Waals surface area contributed by atoms with Crippen LogP contribution in [0.15, 0.2) is 0 Å². The maximum Gasteiger partial charge on any atom is 0.323 e. The minimum Gasteiger partial charge on any atom is -0.480 e. The lowest BCUT2D eigenvalue weighted by atomic mass is 9.84. The third kappa shape index (κ3) is 3.21. The molecule has 0 bridgehead atoms. The van der Waals surface area contributed by atoms with Gasteiger partial charge in [-0.25, -0.2) is 0 Å². The number of nitrogens with zero attached hydrogens (tertiary/aromatic N) is 1. The van der Waals surface area contributed by atoms with Gasteiger partial charge in [-0.3, -0.25) is 9.69 Å². The van der Waals surface area contributed by atoms with E-state index in [9.17, 15) is 9.90 Å². The fraction of sp³-hybridized carbons (Fsp3) is 0.929. The Kier molecular flexibility index (Phi) is 4.99. The van der Waals surface area contributed by atoms with Crippen molar-refractivity contribution in [2.24, 2.45) is 5.92 Å². The van der Waals surface area contributed by atoms with Crippen LogP contribution in [0.5, 0.6) is 0 Å². The van der Waals surface area contributed by atoms with Gasteiger partial charge in [0.05, 0.1) is 0 Å². The van der Waals surface area contributed by atoms with Crippen molar-refractivity contribution in [3.8, 4) is 0 Å². The number of carboxylic acids is 1. The highest BCUT2D eigenvalue weighted by atomic mass is 16.4. The van der Waals surface area contributed by atoms with Crippen molar-refractivity contribution in [2.45, 2.75) is 71.4 Å². The molecule has 1 aliphatic heterocycles. The lowest BCUT2D eigenvalue weighted by molar-refractivity contribution is -0.155. The number of carbonyl (C=O) groups is 1. The van der Waals surface area contributed by atoms with Gasteiger partial charge >= 0.3 is 5.97 Å². The Bertz CT molecular complexity index is 265. The van der Waals surface area contributed by atoms with Gasteiger partial charge < -0.3 is 5.11 Å². The zero-order chi connectivity index (χ0) is 13.1. The fourth-order valence-electron chi connectivity index (χ4n) is 3.20. The van der Waals surface area contributed by atoms with Crippen molar-refractivity contribution >= 4 is 5.97 Å². The van der Waals surface area contributed by atoms with E-state index in [1.807, 2.05) is 6.92 Å². The van der Waals surface area contributed by atoms with Gasteiger partial charge in [0.25, 0.3) is 0 Å². The number of carboxylic acid groups (broad SMARTS) is 1. The second-order valence-corrected chi connectivity index (χ2v) is 5.93. The van der Waals surface area contributed by atoms with Crippen LogP contribution in [-0.2, 0) is 4.79 Å². The Morgan fingerprint density at radius 3 is 2.59 bits per heavy atom. The average molecular weight is 241 g/mol. The van der Waals surface area contributed by atoms with Gasteiger partial charge in [0.15, 0.2) is 0 Å². The molecule has 0 aromatic rings. The SMILES string of the molecule is CCC1CCCCN1C(C)(CC(C)C)C(=O)O. The quantitative estimate of drug-likeness (QED) is 0.804. The van der Waals surface area contributed by atoms with Gasteiger partial charge in [0.1, 0.15) is 5.54 Å². The van der Waals surface area contributed by atoms with Crippen LogP contribution in [0.4, 0.5) is 0 Å². The second-order valence-electron chi connectivity index (χ2n) is 5.93. The number of rotatable bonds is 5. The molecule has 1 aliphatic rings. The van der Waals surface area contributed by atoms with Gasteiger partial charge in [-0.1, -0.05) is 27.2 Å². The molecule has 2 unspecified atom stereocenters. The first-order valence-electron chi connectivity index (χ1n) is 6.92. The smallest absolute Gasteiger partial charge is 0.323 e. The molecule has 0 aromatic heterocycles. The summed E-state index contributed by atoms with van der Waals surface area (Å²) in [6, 6.07) is 0.448. The third-order valence-electron chi connectivity index (χ3n) is 4.00. The van der Waals surface area contributed by atoms with Crippen LogP contribution in [0.2, 0.25) is 0 Å². The Balaban J connectivity index is 2.91. The number of likely N-dealkylation sites (tertiary alicyclic amines) is 1. The summed E-state index contributed by atoms with van der Waals surface area (Å²) in [5.41, 5.74) is -0.685. The molecule has 3 nitrogen and oxygen atoms in total. The van der Waals surface area contributed by atoms with Crippen molar-refractivity contribution in [3.63, 3.8) is 0 Å². The van der Waals surface area contributed by atoms with Gasteiger partial charge in [0.2, 0.25) is 0 Å². The average Bonchev–Trinajstić information content (AvgIpc) is 2.27. The Hall–Kier alpha value is -0.570. The molecule has 1 rings (SSSR count). The highest BCUT2D eigenvalue weighted by Crippen LogP contribution is 2.32. The largest absolute Gasteiger partial charge is 0.480 e. The summed E-state index contributed by atoms with van der Waals surface area (Å²) in [6.07, 6.45) is 5.32. The van der Waals surface area contributed by atoms with Crippen molar-refractivity contribution in [1.29, 1.82) is 0 Å². The van der Waals surface area contributed by atoms with E-state index >= 15 is 0 Å². The first-order chi connectivity index (χ1) is 7.91. The lowest BCUT2D eigenvalue weighted by Gasteiger charge is -2.46. The number of hydrogen-bond acceptors (Lipinski definition) is 2. The van der Waals surface area contributed by atoms with E-state index in [4.69, 9.17) is 0 Å². The molecule has 1 heterocycles. The molecule has 0 radical (unpaired) electrons. The van der Waals surface area contributed by atoms with Gasteiger partial charge in [-0.2, -0.15) is 0 Å². The van der Waals surface area contributed by atoms with Gasteiger partial charge in [0, 0.05) is 6.04 Å². The molecule has 3 heteroatoms. The molecule has 0 saturated carbocycles. The van der Waals surface area contributed by atoms with Crippen molar-refractivity contribution < 1.29 is 9.90 Å². The zero-order valence-electron chi connectivity index (χ0n) is 11.7. The number of piperidine rings is 1. The fourth-order valence-corrected chi connectivity index (χ4v) is 3.20. The van der Waals surface area contributed by atoms with E-state index in [0.717, 1.165) is 32.2 Å². The zero-order valence-corrected chi connectivity index (χ0v) is 11.7. The van der Waals surface area contributed by atoms with E-state index < -0.39 is 11.5 Å². The predicted molar refractivity (Wildman–Crippen MR) is 70.1 cm³/mol. The Morgan fingerprint density at radius 1 is 1.47 bits per heavy atom. The summed E-state index contributed by atoms with van der Waals surface area (Å²) in [6.45, 7) is 9.22. The molecule has 1 N–H and O–H groups in total. The minimum absolute atomic E-state index is 0.413. The number of hydrogen-bond donors (Lipinski definition) is 1. The molecule has 100 valence electrons. The maximum absolute atomic E-state index is 11.7. The summed E-state index contributed by atoms with van der Waals surface area (Å²) >= 11 is 0. The molecular weight excluding hydrogens is 214 g/mol. The van der Waals surface area contributed by atoms with Crippen molar-refractivity contribution in [2.75, 3.05) is 6.54 Å². The van der Waals surface area contributed by atoms with E-state index in [0.29, 0.717) is 12.0 Å². The summed E-state index contributed by atoms with van der Waals surface area (Å²) in [5, 5.41) is 9.61. The first kappa shape index (κ1) is 14.5. The topological polar surface area (TPSA) is 40.5 Å². The molecule has 1 saturated heterocycles. The van der Waals surface area contributed by atoms with E-state index in [-0.39, 0.29) is 0 Å². The maximum atomic E-state index is 11.7. The third-order valence-corrected chi connectivity index (χ3v) is 4.00. The van der Waals surface area contributed by atoms with E-state index in [2.05, 4.69) is 25.7 Å². The summed E-state index contributed by atoms with van der Waals surface area (Å²) in [5.74, 6) is -0.248. The highest BCUT2D eigenvalue weighted by molar-refractivity contribution is 5.78. The minimum atomic E-state index is -0.685. The van der Waals surface area contributed by atoms with Crippen molar-refractivity contribution in [1.82, 2.24) is 4.90 Å². The van der Waals surface area contributed by atoms with Crippen LogP contribution in [0.3, 0.4) is 0 Å². The van der Waals surface area contributed by atoms with Crippen molar-refractivity contribution in [3.05, 3.63) is 0 Å². The summed E-state index contributed by atoms with van der Waals surface area (Å²) < 4.78 is 0. The molecule has 0 spiro atoms. The van der Waals surface area contributed by atoms with Gasteiger partial charge in [-0.15, -0.1) is 0 Å². The molecule has 0 amide bonds. The van der Waals surface area contributed by atoms with Gasteiger partial charge in [-0.05, 0) is 45.1 Å². The van der Waals surface area contributed by atoms with Crippen LogP contribution < -0.4 is 0 Å².